The summed E-state index contributed by atoms with van der Waals surface area (Å²) in [6.45, 7) is 3.98. The summed E-state index contributed by atoms with van der Waals surface area (Å²) in [5, 5.41) is 13.7. The van der Waals surface area contributed by atoms with E-state index in [1.807, 2.05) is 6.08 Å². The second-order valence-electron chi connectivity index (χ2n) is 15.9. The maximum absolute atomic E-state index is 12.8. The Hall–Kier alpha value is -2.32. The van der Waals surface area contributed by atoms with Crippen LogP contribution < -0.4 is 11.1 Å². The molecule has 0 spiro atoms. The average Bonchev–Trinajstić information content (AvgIpc) is 3.24. The lowest BCUT2D eigenvalue weighted by Crippen LogP contribution is -2.45. The smallest absolute Gasteiger partial charge is 0.387 e. The molecular weight excluding hydrogens is 768 g/mol. The largest absolute Gasteiger partial charge is 0.472 e. The first kappa shape index (κ1) is 57.7. The van der Waals surface area contributed by atoms with Crippen LogP contribution in [0, 0.1) is 0 Å². The Bertz CT molecular complexity index is 1210. The Morgan fingerprint density at radius 3 is 1.48 bits per heavy atom. The Morgan fingerprint density at radius 1 is 0.567 bits per heavy atom. The van der Waals surface area contributed by atoms with Gasteiger partial charge in [0.25, 0.3) is 0 Å². The summed E-state index contributed by atoms with van der Waals surface area (Å²) in [6, 6.07) is -0.893. The van der Waals surface area contributed by atoms with Crippen molar-refractivity contribution in [3.63, 3.8) is 0 Å². The maximum Gasteiger partial charge on any atom is 0.472 e. The van der Waals surface area contributed by atoms with E-state index in [4.69, 9.17) is 14.8 Å². The number of aliphatic hydroxyl groups excluding tert-OH is 1. The first-order chi connectivity index (χ1) is 29.4. The van der Waals surface area contributed by atoms with Crippen LogP contribution in [0.1, 0.15) is 200 Å². The summed E-state index contributed by atoms with van der Waals surface area (Å²) < 4.78 is 22.2. The Morgan fingerprint density at radius 2 is 0.983 bits per heavy atom. The molecule has 9 heteroatoms. The van der Waals surface area contributed by atoms with Crippen LogP contribution in [0.5, 0.6) is 0 Å². The molecule has 60 heavy (non-hydrogen) atoms. The fourth-order valence-corrected chi connectivity index (χ4v) is 7.33. The average molecular weight is 859 g/mol. The van der Waals surface area contributed by atoms with Crippen LogP contribution in [-0.4, -0.2) is 47.8 Å². The number of amides is 1. The summed E-state index contributed by atoms with van der Waals surface area (Å²) in [4.78, 5) is 22.8. The molecule has 0 fully saturated rings. The highest BCUT2D eigenvalue weighted by molar-refractivity contribution is 7.47. The third kappa shape index (κ3) is 43.8. The lowest BCUT2D eigenvalue weighted by atomic mass is 10.1. The normalized spacial score (nSPS) is 14.7. The fraction of sp³-hybridized carbons (Fsp3) is 0.706. The van der Waals surface area contributed by atoms with Crippen LogP contribution in [-0.2, 0) is 18.4 Å². The Labute approximate surface area is 369 Å². The zero-order valence-electron chi connectivity index (χ0n) is 38.4. The van der Waals surface area contributed by atoms with Crippen LogP contribution in [0.25, 0.3) is 0 Å². The number of unbranched alkanes of at least 4 members (excludes halogenated alkanes) is 20. The van der Waals surface area contributed by atoms with Crippen LogP contribution in [0.3, 0.4) is 0 Å². The van der Waals surface area contributed by atoms with Crippen LogP contribution >= 0.6 is 7.82 Å². The molecule has 0 saturated heterocycles. The predicted octanol–water partition coefficient (Wildman–Crippen LogP) is 14.2. The molecular formula is C51H91N2O6P. The number of hydrogen-bond acceptors (Lipinski definition) is 6. The summed E-state index contributed by atoms with van der Waals surface area (Å²) in [7, 11) is -4.36. The number of carbonyl (C=O) groups is 1. The molecule has 346 valence electrons. The minimum atomic E-state index is -4.36. The molecule has 0 radical (unpaired) electrons. The van der Waals surface area contributed by atoms with E-state index >= 15 is 0 Å². The van der Waals surface area contributed by atoms with Gasteiger partial charge in [0.1, 0.15) is 0 Å². The van der Waals surface area contributed by atoms with E-state index in [1.165, 1.54) is 96.3 Å². The van der Waals surface area contributed by atoms with E-state index in [9.17, 15) is 19.4 Å². The highest BCUT2D eigenvalue weighted by Crippen LogP contribution is 2.43. The van der Waals surface area contributed by atoms with Gasteiger partial charge >= 0.3 is 7.82 Å². The van der Waals surface area contributed by atoms with Crippen LogP contribution in [0.2, 0.25) is 0 Å². The standard InChI is InChI=1S/C51H91N2O6P/c1-3-5-7-9-11-13-15-17-19-21-23-25-27-29-31-33-35-37-39-41-43-45-51(55)53-49(48-59-60(56,57)58-47-46-52)50(54)44-42-40-38-36-34-32-30-28-26-24-22-20-18-16-14-12-10-8-6-4-2/h5,7,11,13,17,19,23,25-26,28,34,36,42,44,49-50,54H,3-4,6,8-10,12,14-16,18,20-22,24,27,29-33,35,37-41,43,45-48,52H2,1-2H3,(H,53,55)(H,56,57)/b7-5-,13-11-,19-17-,25-23-,28-26+,36-34+,44-42+. The van der Waals surface area contributed by atoms with Crippen molar-refractivity contribution in [2.24, 2.45) is 5.73 Å². The summed E-state index contributed by atoms with van der Waals surface area (Å²) in [5.41, 5.74) is 5.38. The van der Waals surface area contributed by atoms with Crippen molar-refractivity contribution < 1.29 is 28.4 Å². The van der Waals surface area contributed by atoms with Crippen LogP contribution in [0.15, 0.2) is 85.1 Å². The van der Waals surface area contributed by atoms with Crippen molar-refractivity contribution >= 4 is 13.7 Å². The van der Waals surface area contributed by atoms with Gasteiger partial charge in [0.15, 0.2) is 0 Å². The van der Waals surface area contributed by atoms with Gasteiger partial charge in [-0.05, 0) is 83.5 Å². The van der Waals surface area contributed by atoms with Gasteiger partial charge in [-0.2, -0.15) is 0 Å². The van der Waals surface area contributed by atoms with Gasteiger partial charge in [0, 0.05) is 13.0 Å². The minimum absolute atomic E-state index is 0.0662. The van der Waals surface area contributed by atoms with E-state index in [-0.39, 0.29) is 25.7 Å². The number of aliphatic hydroxyl groups is 1. The number of nitrogens with one attached hydrogen (secondary N) is 1. The van der Waals surface area contributed by atoms with Crippen molar-refractivity contribution in [2.45, 2.75) is 212 Å². The molecule has 0 heterocycles. The molecule has 0 aromatic carbocycles. The second-order valence-corrected chi connectivity index (χ2v) is 17.4. The second kappa shape index (κ2) is 46.2. The van der Waals surface area contributed by atoms with Gasteiger partial charge in [-0.15, -0.1) is 0 Å². The van der Waals surface area contributed by atoms with Gasteiger partial charge in [-0.25, -0.2) is 4.57 Å². The zero-order valence-corrected chi connectivity index (χ0v) is 39.3. The fourth-order valence-electron chi connectivity index (χ4n) is 6.57. The SMILES string of the molecule is CC/C=C\C/C=C\C/C=C\C/C=C\CCCCCCCCCCC(=O)NC(COP(=O)(O)OCCN)C(O)/C=C/CC/C=C/CC/C=C/CCCCCCCCCCCC. The summed E-state index contributed by atoms with van der Waals surface area (Å²) in [6.07, 6.45) is 62.1. The molecule has 0 aliphatic heterocycles. The van der Waals surface area contributed by atoms with E-state index in [0.717, 1.165) is 83.5 Å². The number of phosphoric ester groups is 1. The predicted molar refractivity (Wildman–Crippen MR) is 258 cm³/mol. The number of carbonyl (C=O) groups excluding carboxylic acids is 1. The van der Waals surface area contributed by atoms with E-state index < -0.39 is 20.0 Å². The van der Waals surface area contributed by atoms with E-state index in [0.29, 0.717) is 6.42 Å². The number of rotatable bonds is 44. The quantitative estimate of drug-likeness (QED) is 0.0273. The first-order valence-corrected chi connectivity index (χ1v) is 25.7. The van der Waals surface area contributed by atoms with Gasteiger partial charge < -0.3 is 21.1 Å². The minimum Gasteiger partial charge on any atom is -0.387 e. The zero-order chi connectivity index (χ0) is 43.9. The lowest BCUT2D eigenvalue weighted by Gasteiger charge is -2.23. The topological polar surface area (TPSA) is 131 Å². The molecule has 0 bridgehead atoms. The number of nitrogens with two attached hydrogens (primary N) is 1. The maximum atomic E-state index is 12.8. The van der Waals surface area contributed by atoms with Crippen molar-refractivity contribution in [1.82, 2.24) is 5.32 Å². The monoisotopic (exact) mass is 859 g/mol. The van der Waals surface area contributed by atoms with E-state index in [2.05, 4.69) is 92.1 Å². The van der Waals surface area contributed by atoms with Gasteiger partial charge in [-0.3, -0.25) is 13.8 Å². The number of allylic oxidation sites excluding steroid dienone is 13. The summed E-state index contributed by atoms with van der Waals surface area (Å²) in [5.74, 6) is -0.219. The first-order valence-electron chi connectivity index (χ1n) is 24.2. The van der Waals surface area contributed by atoms with E-state index in [1.54, 1.807) is 6.08 Å². The summed E-state index contributed by atoms with van der Waals surface area (Å²) >= 11 is 0. The Balaban J connectivity index is 4.25. The highest BCUT2D eigenvalue weighted by atomic mass is 31.2. The molecule has 0 saturated carbocycles. The van der Waals surface area contributed by atoms with Crippen molar-refractivity contribution in [2.75, 3.05) is 19.8 Å². The Kier molecular flexibility index (Phi) is 44.4. The molecule has 3 unspecified atom stereocenters. The molecule has 5 N–H and O–H groups in total. The lowest BCUT2D eigenvalue weighted by molar-refractivity contribution is -0.123. The molecule has 8 nitrogen and oxygen atoms in total. The van der Waals surface area contributed by atoms with Crippen LogP contribution in [0.4, 0.5) is 0 Å². The third-order valence-electron chi connectivity index (χ3n) is 10.2. The van der Waals surface area contributed by atoms with Gasteiger partial charge in [-0.1, -0.05) is 195 Å². The van der Waals surface area contributed by atoms with Gasteiger partial charge in [0.05, 0.1) is 25.4 Å². The van der Waals surface area contributed by atoms with Crippen molar-refractivity contribution in [3.05, 3.63) is 85.1 Å². The van der Waals surface area contributed by atoms with Crippen molar-refractivity contribution in [3.8, 4) is 0 Å². The molecule has 3 atom stereocenters. The molecule has 0 aliphatic carbocycles. The third-order valence-corrected chi connectivity index (χ3v) is 11.2. The number of phosphoric acid groups is 1. The molecule has 0 aliphatic rings. The molecule has 0 aromatic rings. The van der Waals surface area contributed by atoms with Gasteiger partial charge in [0.2, 0.25) is 5.91 Å². The van der Waals surface area contributed by atoms with Crippen molar-refractivity contribution in [1.29, 1.82) is 0 Å². The molecule has 0 aromatic heterocycles. The highest BCUT2D eigenvalue weighted by Gasteiger charge is 2.26. The number of hydrogen-bond donors (Lipinski definition) is 4. The molecule has 1 amide bonds. The molecule has 0 rings (SSSR count).